The summed E-state index contributed by atoms with van der Waals surface area (Å²) in [6, 6.07) is 30.2. The lowest BCUT2D eigenvalue weighted by Gasteiger charge is -2.43. The number of piperazine rings is 1. The Morgan fingerprint density at radius 1 is 0.795 bits per heavy atom. The summed E-state index contributed by atoms with van der Waals surface area (Å²) >= 11 is 12.5. The first-order valence-electron chi connectivity index (χ1n) is 13.2. The molecule has 1 aliphatic heterocycles. The lowest BCUT2D eigenvalue weighted by atomic mass is 10.0. The molecule has 2 amide bonds. The zero-order chi connectivity index (χ0) is 27.0. The number of benzene rings is 3. The Labute approximate surface area is 240 Å². The van der Waals surface area contributed by atoms with Crippen molar-refractivity contribution in [3.63, 3.8) is 0 Å². The van der Waals surface area contributed by atoms with Gasteiger partial charge in [0.2, 0.25) is 0 Å². The van der Waals surface area contributed by atoms with E-state index in [-0.39, 0.29) is 12.1 Å². The van der Waals surface area contributed by atoms with E-state index < -0.39 is 0 Å². The summed E-state index contributed by atoms with van der Waals surface area (Å²) in [7, 11) is 0. The van der Waals surface area contributed by atoms with E-state index in [1.54, 1.807) is 6.20 Å². The van der Waals surface area contributed by atoms with E-state index in [1.165, 1.54) is 11.1 Å². The van der Waals surface area contributed by atoms with Crippen LogP contribution in [0.15, 0.2) is 103 Å². The fraction of sp³-hybridized carbons (Fsp3) is 0.250. The van der Waals surface area contributed by atoms with Gasteiger partial charge in [-0.3, -0.25) is 9.88 Å². The molecule has 0 saturated carbocycles. The van der Waals surface area contributed by atoms with Crippen molar-refractivity contribution in [2.75, 3.05) is 19.6 Å². The molecule has 1 aromatic heterocycles. The van der Waals surface area contributed by atoms with Crippen LogP contribution in [-0.4, -0.2) is 51.4 Å². The zero-order valence-corrected chi connectivity index (χ0v) is 23.3. The Balaban J connectivity index is 1.37. The van der Waals surface area contributed by atoms with Crippen LogP contribution in [0.3, 0.4) is 0 Å². The molecular weight excluding hydrogens is 527 g/mol. The van der Waals surface area contributed by atoms with Gasteiger partial charge in [-0.25, -0.2) is 4.79 Å². The molecule has 0 radical (unpaired) electrons. The minimum Gasteiger partial charge on any atom is -0.322 e. The predicted octanol–water partition coefficient (Wildman–Crippen LogP) is 6.94. The molecule has 39 heavy (non-hydrogen) atoms. The Morgan fingerprint density at radius 2 is 1.44 bits per heavy atom. The molecule has 0 aliphatic carbocycles. The van der Waals surface area contributed by atoms with Crippen molar-refractivity contribution in [3.05, 3.63) is 136 Å². The van der Waals surface area contributed by atoms with Crippen LogP contribution in [0.4, 0.5) is 4.79 Å². The average Bonchev–Trinajstić information content (AvgIpc) is 2.94. The Kier molecular flexibility index (Phi) is 9.15. The van der Waals surface area contributed by atoms with Gasteiger partial charge in [-0.15, -0.1) is 0 Å². The molecule has 4 aromatic rings. The van der Waals surface area contributed by atoms with Crippen LogP contribution in [0.1, 0.15) is 22.3 Å². The largest absolute Gasteiger partial charge is 0.322 e. The van der Waals surface area contributed by atoms with Crippen LogP contribution in [0.25, 0.3) is 0 Å². The summed E-state index contributed by atoms with van der Waals surface area (Å²) in [6.07, 6.45) is 4.60. The van der Waals surface area contributed by atoms with Crippen LogP contribution in [-0.2, 0) is 26.1 Å². The summed E-state index contributed by atoms with van der Waals surface area (Å²) in [5, 5.41) is 1.32. The highest BCUT2D eigenvalue weighted by atomic mass is 35.5. The second kappa shape index (κ2) is 13.1. The number of pyridine rings is 1. The Hall–Kier alpha value is -3.38. The number of rotatable bonds is 8. The van der Waals surface area contributed by atoms with Crippen LogP contribution < -0.4 is 0 Å². The van der Waals surface area contributed by atoms with Gasteiger partial charge < -0.3 is 9.80 Å². The third-order valence-corrected chi connectivity index (χ3v) is 7.56. The average molecular weight is 560 g/mol. The van der Waals surface area contributed by atoms with Gasteiger partial charge in [0.05, 0.1) is 0 Å². The molecule has 5 nitrogen and oxygen atoms in total. The first-order chi connectivity index (χ1) is 19.0. The Bertz CT molecular complexity index is 1320. The summed E-state index contributed by atoms with van der Waals surface area (Å²) in [5.74, 6) is 0. The summed E-state index contributed by atoms with van der Waals surface area (Å²) in [5.41, 5.74) is 4.43. The molecule has 0 unspecified atom stereocenters. The van der Waals surface area contributed by atoms with Gasteiger partial charge >= 0.3 is 6.03 Å². The predicted molar refractivity (Wildman–Crippen MR) is 158 cm³/mol. The second-order valence-electron chi connectivity index (χ2n) is 10.0. The molecule has 5 rings (SSSR count). The Morgan fingerprint density at radius 3 is 2.05 bits per heavy atom. The lowest BCUT2D eigenvalue weighted by Crippen LogP contribution is -2.57. The topological polar surface area (TPSA) is 39.7 Å². The van der Waals surface area contributed by atoms with Gasteiger partial charge in [0.15, 0.2) is 0 Å². The monoisotopic (exact) mass is 558 g/mol. The number of amides is 2. The second-order valence-corrected chi connectivity index (χ2v) is 10.9. The van der Waals surface area contributed by atoms with Crippen molar-refractivity contribution in [2.24, 2.45) is 0 Å². The highest BCUT2D eigenvalue weighted by molar-refractivity contribution is 6.30. The molecule has 1 atom stereocenters. The first kappa shape index (κ1) is 27.2. The van der Waals surface area contributed by atoms with Gasteiger partial charge in [0.25, 0.3) is 0 Å². The number of urea groups is 1. The summed E-state index contributed by atoms with van der Waals surface area (Å²) in [6.45, 7) is 3.83. The zero-order valence-electron chi connectivity index (χ0n) is 21.8. The summed E-state index contributed by atoms with van der Waals surface area (Å²) in [4.78, 5) is 24.8. The third-order valence-electron chi connectivity index (χ3n) is 7.09. The number of carbonyl (C=O) groups is 1. The van der Waals surface area contributed by atoms with Crippen molar-refractivity contribution in [1.29, 1.82) is 0 Å². The van der Waals surface area contributed by atoms with Crippen molar-refractivity contribution >= 4 is 29.2 Å². The quantitative estimate of drug-likeness (QED) is 0.235. The van der Waals surface area contributed by atoms with Crippen molar-refractivity contribution in [3.8, 4) is 0 Å². The number of carbonyl (C=O) groups excluding carboxylic acids is 1. The van der Waals surface area contributed by atoms with Gasteiger partial charge in [-0.2, -0.15) is 0 Å². The van der Waals surface area contributed by atoms with E-state index in [0.29, 0.717) is 36.2 Å². The molecule has 2 heterocycles. The van der Waals surface area contributed by atoms with Gasteiger partial charge in [0, 0.05) is 67.7 Å². The van der Waals surface area contributed by atoms with Crippen molar-refractivity contribution in [2.45, 2.75) is 32.1 Å². The minimum atomic E-state index is 0.0223. The normalized spacial score (nSPS) is 15.7. The standard InChI is InChI=1S/C32H32Cl2N4O/c33-29-12-4-9-26(17-29)21-38(22-27-10-5-13-30(34)18-27)32(39)37-16-15-36(23-28-11-6-14-35-20-28)31(24-37)19-25-7-2-1-3-8-25/h1-14,17-18,20,31H,15-16,19,21-24H2/t31-/m0/s1. The van der Waals surface area contributed by atoms with E-state index in [0.717, 1.165) is 30.6 Å². The first-order valence-corrected chi connectivity index (χ1v) is 14.0. The number of halogens is 2. The fourth-order valence-corrected chi connectivity index (χ4v) is 5.61. The number of aromatic nitrogens is 1. The van der Waals surface area contributed by atoms with E-state index in [4.69, 9.17) is 23.2 Å². The van der Waals surface area contributed by atoms with E-state index >= 15 is 0 Å². The van der Waals surface area contributed by atoms with Crippen molar-refractivity contribution < 1.29 is 4.79 Å². The van der Waals surface area contributed by atoms with Crippen molar-refractivity contribution in [1.82, 2.24) is 19.7 Å². The molecule has 1 fully saturated rings. The van der Waals surface area contributed by atoms with Gasteiger partial charge in [-0.1, -0.05) is 83.9 Å². The highest BCUT2D eigenvalue weighted by Gasteiger charge is 2.32. The molecular formula is C32H32Cl2N4O. The molecule has 0 bridgehead atoms. The molecule has 0 spiro atoms. The van der Waals surface area contributed by atoms with E-state index in [1.807, 2.05) is 76.7 Å². The van der Waals surface area contributed by atoms with Crippen LogP contribution >= 0.6 is 23.2 Å². The minimum absolute atomic E-state index is 0.0223. The third kappa shape index (κ3) is 7.60. The molecule has 3 aromatic carbocycles. The van der Waals surface area contributed by atoms with Crippen LogP contribution in [0, 0.1) is 0 Å². The highest BCUT2D eigenvalue weighted by Crippen LogP contribution is 2.22. The maximum atomic E-state index is 14.1. The smallest absolute Gasteiger partial charge is 0.320 e. The summed E-state index contributed by atoms with van der Waals surface area (Å²) < 4.78 is 0. The molecule has 1 aliphatic rings. The van der Waals surface area contributed by atoms with Crippen LogP contribution in [0.2, 0.25) is 10.0 Å². The molecule has 0 N–H and O–H groups in total. The molecule has 7 heteroatoms. The van der Waals surface area contributed by atoms with Gasteiger partial charge in [0.1, 0.15) is 0 Å². The molecule has 200 valence electrons. The number of hydrogen-bond acceptors (Lipinski definition) is 3. The lowest BCUT2D eigenvalue weighted by molar-refractivity contribution is 0.0672. The maximum Gasteiger partial charge on any atom is 0.320 e. The number of nitrogens with zero attached hydrogens (tertiary/aromatic N) is 4. The SMILES string of the molecule is O=C(N(Cc1cccc(Cl)c1)Cc1cccc(Cl)c1)N1CCN(Cc2cccnc2)[C@@H](Cc2ccccc2)C1. The fourth-order valence-electron chi connectivity index (χ4n) is 5.18. The van der Waals surface area contributed by atoms with Gasteiger partial charge in [-0.05, 0) is 59.0 Å². The van der Waals surface area contributed by atoms with E-state index in [9.17, 15) is 4.79 Å². The maximum absolute atomic E-state index is 14.1. The molecule has 1 saturated heterocycles. The van der Waals surface area contributed by atoms with Crippen LogP contribution in [0.5, 0.6) is 0 Å². The van der Waals surface area contributed by atoms with E-state index in [2.05, 4.69) is 40.2 Å². The number of hydrogen-bond donors (Lipinski definition) is 0.